The maximum Gasteiger partial charge on any atom is 0.0619 e. The number of piperidine rings is 1. The Morgan fingerprint density at radius 2 is 2.33 bits per heavy atom. The third-order valence-electron chi connectivity index (χ3n) is 2.37. The van der Waals surface area contributed by atoms with E-state index in [9.17, 15) is 0 Å². The smallest absolute Gasteiger partial charge is 0.0619 e. The van der Waals surface area contributed by atoms with Gasteiger partial charge in [-0.1, -0.05) is 19.8 Å². The van der Waals surface area contributed by atoms with E-state index in [2.05, 4.69) is 12.2 Å². The largest absolute Gasteiger partial charge is 0.380 e. The van der Waals surface area contributed by atoms with Gasteiger partial charge in [0.1, 0.15) is 0 Å². The van der Waals surface area contributed by atoms with Crippen molar-refractivity contribution >= 4 is 0 Å². The van der Waals surface area contributed by atoms with Crippen LogP contribution in [0.3, 0.4) is 0 Å². The second kappa shape index (κ2) is 6.44. The molecule has 0 spiro atoms. The summed E-state index contributed by atoms with van der Waals surface area (Å²) in [4.78, 5) is 0. The Morgan fingerprint density at radius 1 is 1.42 bits per heavy atom. The van der Waals surface area contributed by atoms with Gasteiger partial charge in [-0.3, -0.25) is 0 Å². The highest BCUT2D eigenvalue weighted by atomic mass is 16.5. The van der Waals surface area contributed by atoms with Crippen LogP contribution < -0.4 is 5.32 Å². The van der Waals surface area contributed by atoms with Gasteiger partial charge in [-0.2, -0.15) is 0 Å². The summed E-state index contributed by atoms with van der Waals surface area (Å²) < 4.78 is 5.55. The molecule has 1 saturated heterocycles. The van der Waals surface area contributed by atoms with Crippen LogP contribution in [0.15, 0.2) is 0 Å². The van der Waals surface area contributed by atoms with E-state index < -0.39 is 0 Å². The molecule has 1 rings (SSSR count). The molecule has 0 aliphatic carbocycles. The van der Waals surface area contributed by atoms with Gasteiger partial charge in [0.05, 0.1) is 6.61 Å². The quantitative estimate of drug-likeness (QED) is 0.638. The monoisotopic (exact) mass is 171 g/mol. The molecule has 0 bridgehead atoms. The van der Waals surface area contributed by atoms with Crippen molar-refractivity contribution in [1.82, 2.24) is 5.32 Å². The normalized spacial score (nSPS) is 24.2. The molecule has 1 fully saturated rings. The molecular formula is C10H21NO. The van der Waals surface area contributed by atoms with Gasteiger partial charge in [0.2, 0.25) is 0 Å². The van der Waals surface area contributed by atoms with E-state index in [4.69, 9.17) is 4.74 Å². The fourth-order valence-corrected chi connectivity index (χ4v) is 1.54. The summed E-state index contributed by atoms with van der Waals surface area (Å²) >= 11 is 0. The zero-order valence-corrected chi connectivity index (χ0v) is 8.14. The molecule has 0 aromatic carbocycles. The maximum absolute atomic E-state index is 5.55. The SMILES string of the molecule is CCCCOC[C@@H]1CCCCN1. The van der Waals surface area contributed by atoms with Gasteiger partial charge < -0.3 is 10.1 Å². The van der Waals surface area contributed by atoms with E-state index in [1.165, 1.54) is 38.6 Å². The maximum atomic E-state index is 5.55. The van der Waals surface area contributed by atoms with Crippen molar-refractivity contribution < 1.29 is 4.74 Å². The number of hydrogen-bond donors (Lipinski definition) is 1. The molecule has 2 heteroatoms. The third-order valence-corrected chi connectivity index (χ3v) is 2.37. The molecule has 1 N–H and O–H groups in total. The average molecular weight is 171 g/mol. The molecule has 0 aromatic rings. The van der Waals surface area contributed by atoms with Crippen molar-refractivity contribution in [1.29, 1.82) is 0 Å². The Balaban J connectivity index is 1.91. The fourth-order valence-electron chi connectivity index (χ4n) is 1.54. The van der Waals surface area contributed by atoms with Crippen molar-refractivity contribution in [3.63, 3.8) is 0 Å². The summed E-state index contributed by atoms with van der Waals surface area (Å²) in [6.45, 7) is 5.23. The zero-order chi connectivity index (χ0) is 8.65. The van der Waals surface area contributed by atoms with E-state index >= 15 is 0 Å². The topological polar surface area (TPSA) is 21.3 Å². The van der Waals surface area contributed by atoms with E-state index in [0.29, 0.717) is 6.04 Å². The summed E-state index contributed by atoms with van der Waals surface area (Å²) in [5, 5.41) is 3.47. The summed E-state index contributed by atoms with van der Waals surface area (Å²) in [5.74, 6) is 0. The van der Waals surface area contributed by atoms with Crippen LogP contribution in [0.2, 0.25) is 0 Å². The summed E-state index contributed by atoms with van der Waals surface area (Å²) in [6.07, 6.45) is 6.44. The molecule has 0 aromatic heterocycles. The summed E-state index contributed by atoms with van der Waals surface area (Å²) in [6, 6.07) is 0.635. The van der Waals surface area contributed by atoms with E-state index in [0.717, 1.165) is 13.2 Å². The highest BCUT2D eigenvalue weighted by Crippen LogP contribution is 2.07. The lowest BCUT2D eigenvalue weighted by molar-refractivity contribution is 0.101. The van der Waals surface area contributed by atoms with Crippen LogP contribution in [-0.2, 0) is 4.74 Å². The first kappa shape index (κ1) is 10.0. The standard InChI is InChI=1S/C10H21NO/c1-2-3-8-12-9-10-6-4-5-7-11-10/h10-11H,2-9H2,1H3/t10-/m0/s1. The molecule has 0 unspecified atom stereocenters. The van der Waals surface area contributed by atoms with Crippen molar-refractivity contribution in [2.45, 2.75) is 45.1 Å². The Hall–Kier alpha value is -0.0800. The second-order valence-corrected chi connectivity index (χ2v) is 3.58. The minimum atomic E-state index is 0.635. The lowest BCUT2D eigenvalue weighted by Crippen LogP contribution is -2.37. The van der Waals surface area contributed by atoms with Crippen LogP contribution >= 0.6 is 0 Å². The molecule has 0 radical (unpaired) electrons. The van der Waals surface area contributed by atoms with E-state index in [1.807, 2.05) is 0 Å². The first-order chi connectivity index (χ1) is 5.93. The van der Waals surface area contributed by atoms with E-state index in [1.54, 1.807) is 0 Å². The minimum absolute atomic E-state index is 0.635. The number of rotatable bonds is 5. The van der Waals surface area contributed by atoms with Crippen LogP contribution in [0.25, 0.3) is 0 Å². The first-order valence-corrected chi connectivity index (χ1v) is 5.24. The number of nitrogens with one attached hydrogen (secondary N) is 1. The van der Waals surface area contributed by atoms with Crippen LogP contribution in [0.1, 0.15) is 39.0 Å². The fraction of sp³-hybridized carbons (Fsp3) is 1.00. The number of hydrogen-bond acceptors (Lipinski definition) is 2. The third kappa shape index (κ3) is 4.07. The van der Waals surface area contributed by atoms with Gasteiger partial charge in [0.25, 0.3) is 0 Å². The van der Waals surface area contributed by atoms with Crippen molar-refractivity contribution in [3.8, 4) is 0 Å². The molecule has 1 aliphatic heterocycles. The van der Waals surface area contributed by atoms with Crippen LogP contribution in [0.5, 0.6) is 0 Å². The van der Waals surface area contributed by atoms with Gasteiger partial charge in [0.15, 0.2) is 0 Å². The predicted octanol–water partition coefficient (Wildman–Crippen LogP) is 1.95. The molecule has 0 saturated carbocycles. The summed E-state index contributed by atoms with van der Waals surface area (Å²) in [5.41, 5.74) is 0. The average Bonchev–Trinajstić information content (AvgIpc) is 2.14. The molecule has 1 atom stereocenters. The lowest BCUT2D eigenvalue weighted by atomic mass is 10.1. The van der Waals surface area contributed by atoms with Gasteiger partial charge >= 0.3 is 0 Å². The van der Waals surface area contributed by atoms with Gasteiger partial charge in [0, 0.05) is 12.6 Å². The van der Waals surface area contributed by atoms with Gasteiger partial charge in [-0.25, -0.2) is 0 Å². The van der Waals surface area contributed by atoms with Crippen molar-refractivity contribution in [3.05, 3.63) is 0 Å². The molecule has 0 amide bonds. The zero-order valence-electron chi connectivity index (χ0n) is 8.14. The van der Waals surface area contributed by atoms with Crippen LogP contribution in [0.4, 0.5) is 0 Å². The summed E-state index contributed by atoms with van der Waals surface area (Å²) in [7, 11) is 0. The highest BCUT2D eigenvalue weighted by molar-refractivity contribution is 4.71. The molecule has 2 nitrogen and oxygen atoms in total. The molecule has 72 valence electrons. The lowest BCUT2D eigenvalue weighted by Gasteiger charge is -2.23. The van der Waals surface area contributed by atoms with Crippen molar-refractivity contribution in [2.75, 3.05) is 19.8 Å². The molecule has 1 heterocycles. The highest BCUT2D eigenvalue weighted by Gasteiger charge is 2.11. The van der Waals surface area contributed by atoms with Crippen molar-refractivity contribution in [2.24, 2.45) is 0 Å². The number of unbranched alkanes of at least 4 members (excludes halogenated alkanes) is 1. The Labute approximate surface area is 75.7 Å². The van der Waals surface area contributed by atoms with Crippen LogP contribution in [0, 0.1) is 0 Å². The van der Waals surface area contributed by atoms with Crippen LogP contribution in [-0.4, -0.2) is 25.8 Å². The van der Waals surface area contributed by atoms with Gasteiger partial charge in [-0.05, 0) is 25.8 Å². The Bertz CT molecular complexity index is 100. The Kier molecular flexibility index (Phi) is 5.37. The molecule has 12 heavy (non-hydrogen) atoms. The molecular weight excluding hydrogens is 150 g/mol. The molecule has 1 aliphatic rings. The van der Waals surface area contributed by atoms with E-state index in [-0.39, 0.29) is 0 Å². The Morgan fingerprint density at radius 3 is 3.00 bits per heavy atom. The number of ether oxygens (including phenoxy) is 1. The second-order valence-electron chi connectivity index (χ2n) is 3.58. The predicted molar refractivity (Wildman–Crippen MR) is 51.4 cm³/mol. The van der Waals surface area contributed by atoms with Gasteiger partial charge in [-0.15, -0.1) is 0 Å². The minimum Gasteiger partial charge on any atom is -0.380 e. The first-order valence-electron chi connectivity index (χ1n) is 5.24.